The van der Waals surface area contributed by atoms with Crippen molar-refractivity contribution >= 4 is 5.91 Å². The van der Waals surface area contributed by atoms with Crippen LogP contribution < -0.4 is 5.32 Å². The Kier molecular flexibility index (Phi) is 5.15. The summed E-state index contributed by atoms with van der Waals surface area (Å²) < 4.78 is 1.70. The molecule has 1 heterocycles. The Balaban J connectivity index is 2.67. The monoisotopic (exact) mass is 238 g/mol. The molecule has 0 unspecified atom stereocenters. The highest BCUT2D eigenvalue weighted by Gasteiger charge is 2.17. The average molecular weight is 238 g/mol. The summed E-state index contributed by atoms with van der Waals surface area (Å²) >= 11 is 0. The van der Waals surface area contributed by atoms with E-state index in [0.717, 1.165) is 37.2 Å². The third-order valence-corrected chi connectivity index (χ3v) is 2.74. The maximum absolute atomic E-state index is 12.2. The minimum atomic E-state index is 0.0612. The molecule has 0 bridgehead atoms. The predicted molar refractivity (Wildman–Crippen MR) is 68.1 cm³/mol. The second-order valence-corrected chi connectivity index (χ2v) is 4.20. The average Bonchev–Trinajstić information content (AvgIpc) is 2.69. The molecule has 0 aromatic carbocycles. The van der Waals surface area contributed by atoms with E-state index in [1.807, 2.05) is 28.1 Å². The highest BCUT2D eigenvalue weighted by atomic mass is 16.2. The van der Waals surface area contributed by atoms with Gasteiger partial charge in [-0.15, -0.1) is 0 Å². The van der Waals surface area contributed by atoms with E-state index in [-0.39, 0.29) is 5.91 Å². The third kappa shape index (κ3) is 3.56. The molecule has 1 rings (SSSR count). The summed E-state index contributed by atoms with van der Waals surface area (Å²) in [5.74, 6) is 0.0612. The molecule has 1 aromatic rings. The van der Waals surface area contributed by atoms with Gasteiger partial charge in [-0.1, -0.05) is 6.92 Å². The predicted octanol–water partition coefficient (Wildman–Crippen LogP) is 0.664. The summed E-state index contributed by atoms with van der Waals surface area (Å²) in [7, 11) is 5.60. The zero-order chi connectivity index (χ0) is 12.8. The van der Waals surface area contributed by atoms with Gasteiger partial charge in [0.25, 0.3) is 5.91 Å². The number of carbonyl (C=O) groups is 1. The number of carbonyl (C=O) groups excluding carboxylic acids is 1. The molecular weight excluding hydrogens is 216 g/mol. The fraction of sp³-hybridized carbons (Fsp3) is 0.667. The van der Waals surface area contributed by atoms with E-state index in [2.05, 4.69) is 10.4 Å². The Bertz CT molecular complexity index is 373. The molecule has 0 aliphatic heterocycles. The molecule has 5 heteroatoms. The molecule has 96 valence electrons. The van der Waals surface area contributed by atoms with E-state index in [0.29, 0.717) is 0 Å². The van der Waals surface area contributed by atoms with Crippen LogP contribution in [0.3, 0.4) is 0 Å². The Hall–Kier alpha value is -1.36. The molecule has 17 heavy (non-hydrogen) atoms. The van der Waals surface area contributed by atoms with Crippen LogP contribution in [0.4, 0.5) is 0 Å². The van der Waals surface area contributed by atoms with Crippen LogP contribution in [0.1, 0.15) is 29.4 Å². The van der Waals surface area contributed by atoms with Crippen molar-refractivity contribution in [3.05, 3.63) is 17.5 Å². The van der Waals surface area contributed by atoms with Crippen molar-refractivity contribution in [2.75, 3.05) is 27.2 Å². The number of aryl methyl sites for hydroxylation is 2. The number of hydrogen-bond acceptors (Lipinski definition) is 3. The van der Waals surface area contributed by atoms with Gasteiger partial charge in [-0.2, -0.15) is 5.10 Å². The minimum absolute atomic E-state index is 0.0612. The standard InChI is InChI=1S/C12H22N4O/c1-5-11-10(9-16(4)14-11)12(17)15(3)8-6-7-13-2/h9,13H,5-8H2,1-4H3. The second kappa shape index (κ2) is 6.39. The quantitative estimate of drug-likeness (QED) is 0.741. The van der Waals surface area contributed by atoms with Crippen LogP contribution in [0.5, 0.6) is 0 Å². The highest BCUT2D eigenvalue weighted by molar-refractivity contribution is 5.94. The molecule has 0 aliphatic rings. The van der Waals surface area contributed by atoms with Crippen molar-refractivity contribution in [1.82, 2.24) is 20.0 Å². The maximum Gasteiger partial charge on any atom is 0.257 e. The largest absolute Gasteiger partial charge is 0.342 e. The molecule has 0 saturated heterocycles. The molecule has 0 fully saturated rings. The summed E-state index contributed by atoms with van der Waals surface area (Å²) in [6, 6.07) is 0. The molecule has 0 radical (unpaired) electrons. The van der Waals surface area contributed by atoms with Crippen LogP contribution in [-0.4, -0.2) is 47.8 Å². The van der Waals surface area contributed by atoms with Gasteiger partial charge in [0.1, 0.15) is 0 Å². The Morgan fingerprint density at radius 2 is 2.29 bits per heavy atom. The first kappa shape index (κ1) is 13.7. The Labute approximate surface area is 103 Å². The second-order valence-electron chi connectivity index (χ2n) is 4.20. The fourth-order valence-electron chi connectivity index (χ4n) is 1.77. The topological polar surface area (TPSA) is 50.2 Å². The lowest BCUT2D eigenvalue weighted by Crippen LogP contribution is -2.29. The van der Waals surface area contributed by atoms with Crippen molar-refractivity contribution < 1.29 is 4.79 Å². The first-order valence-corrected chi connectivity index (χ1v) is 6.02. The SMILES string of the molecule is CCc1nn(C)cc1C(=O)N(C)CCCNC. The molecule has 1 amide bonds. The first-order chi connectivity index (χ1) is 8.10. The normalized spacial score (nSPS) is 10.6. The highest BCUT2D eigenvalue weighted by Crippen LogP contribution is 2.10. The maximum atomic E-state index is 12.2. The van der Waals surface area contributed by atoms with Gasteiger partial charge < -0.3 is 10.2 Å². The zero-order valence-corrected chi connectivity index (χ0v) is 11.2. The van der Waals surface area contributed by atoms with Gasteiger partial charge in [0.05, 0.1) is 11.3 Å². The fourth-order valence-corrected chi connectivity index (χ4v) is 1.77. The van der Waals surface area contributed by atoms with Crippen LogP contribution in [0.15, 0.2) is 6.20 Å². The lowest BCUT2D eigenvalue weighted by Gasteiger charge is -2.16. The van der Waals surface area contributed by atoms with Gasteiger partial charge in [-0.3, -0.25) is 9.48 Å². The third-order valence-electron chi connectivity index (χ3n) is 2.74. The van der Waals surface area contributed by atoms with E-state index in [4.69, 9.17) is 0 Å². The van der Waals surface area contributed by atoms with Gasteiger partial charge in [0.15, 0.2) is 0 Å². The van der Waals surface area contributed by atoms with Crippen molar-refractivity contribution in [2.24, 2.45) is 7.05 Å². The van der Waals surface area contributed by atoms with Crippen LogP contribution in [0.2, 0.25) is 0 Å². The number of nitrogens with one attached hydrogen (secondary N) is 1. The van der Waals surface area contributed by atoms with E-state index < -0.39 is 0 Å². The number of hydrogen-bond donors (Lipinski definition) is 1. The van der Waals surface area contributed by atoms with Gasteiger partial charge in [0, 0.05) is 26.8 Å². The van der Waals surface area contributed by atoms with E-state index >= 15 is 0 Å². The molecule has 0 aliphatic carbocycles. The molecule has 0 atom stereocenters. The summed E-state index contributed by atoms with van der Waals surface area (Å²) in [5, 5.41) is 7.36. The minimum Gasteiger partial charge on any atom is -0.342 e. The molecule has 1 aromatic heterocycles. The molecule has 0 spiro atoms. The number of rotatable bonds is 6. The van der Waals surface area contributed by atoms with Gasteiger partial charge in [-0.05, 0) is 26.4 Å². The molecular formula is C12H22N4O. The first-order valence-electron chi connectivity index (χ1n) is 6.02. The van der Waals surface area contributed by atoms with Crippen LogP contribution >= 0.6 is 0 Å². The molecule has 5 nitrogen and oxygen atoms in total. The molecule has 1 N–H and O–H groups in total. The lowest BCUT2D eigenvalue weighted by atomic mass is 10.2. The number of aromatic nitrogens is 2. The summed E-state index contributed by atoms with van der Waals surface area (Å²) in [6.45, 7) is 3.70. The lowest BCUT2D eigenvalue weighted by molar-refractivity contribution is 0.0792. The van der Waals surface area contributed by atoms with Crippen LogP contribution in [0, 0.1) is 0 Å². The number of amides is 1. The summed E-state index contributed by atoms with van der Waals surface area (Å²) in [5.41, 5.74) is 1.60. The summed E-state index contributed by atoms with van der Waals surface area (Å²) in [6.07, 6.45) is 3.54. The van der Waals surface area contributed by atoms with E-state index in [1.165, 1.54) is 0 Å². The smallest absolute Gasteiger partial charge is 0.257 e. The van der Waals surface area contributed by atoms with Gasteiger partial charge in [-0.25, -0.2) is 0 Å². The number of nitrogens with zero attached hydrogens (tertiary/aromatic N) is 3. The van der Waals surface area contributed by atoms with E-state index in [9.17, 15) is 4.79 Å². The van der Waals surface area contributed by atoms with Crippen molar-refractivity contribution in [3.8, 4) is 0 Å². The van der Waals surface area contributed by atoms with Crippen molar-refractivity contribution in [1.29, 1.82) is 0 Å². The van der Waals surface area contributed by atoms with E-state index in [1.54, 1.807) is 15.8 Å². The summed E-state index contributed by atoms with van der Waals surface area (Å²) in [4.78, 5) is 13.9. The van der Waals surface area contributed by atoms with Gasteiger partial charge >= 0.3 is 0 Å². The van der Waals surface area contributed by atoms with Gasteiger partial charge in [0.2, 0.25) is 0 Å². The van der Waals surface area contributed by atoms with Crippen molar-refractivity contribution in [3.63, 3.8) is 0 Å². The van der Waals surface area contributed by atoms with Crippen molar-refractivity contribution in [2.45, 2.75) is 19.8 Å². The van der Waals surface area contributed by atoms with Crippen LogP contribution in [-0.2, 0) is 13.5 Å². The Morgan fingerprint density at radius 3 is 2.88 bits per heavy atom. The Morgan fingerprint density at radius 1 is 1.59 bits per heavy atom. The van der Waals surface area contributed by atoms with Crippen LogP contribution in [0.25, 0.3) is 0 Å². The zero-order valence-electron chi connectivity index (χ0n) is 11.2. The molecule has 0 saturated carbocycles.